The summed E-state index contributed by atoms with van der Waals surface area (Å²) in [5.41, 5.74) is 5.41. The molecule has 2 aromatic carbocycles. The fourth-order valence-electron chi connectivity index (χ4n) is 2.13. The molecule has 0 fully saturated rings. The number of rotatable bonds is 6. The minimum atomic E-state index is -3.60. The molecule has 0 bridgehead atoms. The fraction of sp³-hybridized carbons (Fsp3) is 0.222. The summed E-state index contributed by atoms with van der Waals surface area (Å²) in [5, 5.41) is 3.29. The average Bonchev–Trinajstić information content (AvgIpc) is 2.67. The molecule has 0 radical (unpaired) electrons. The van der Waals surface area contributed by atoms with E-state index in [2.05, 4.69) is 23.1 Å². The molecule has 0 saturated heterocycles. The van der Waals surface area contributed by atoms with Gasteiger partial charge in [0.1, 0.15) is 0 Å². The van der Waals surface area contributed by atoms with E-state index in [1.165, 1.54) is 36.4 Å². The van der Waals surface area contributed by atoms with Crippen LogP contribution in [0.25, 0.3) is 0 Å². The highest BCUT2D eigenvalue weighted by Gasteiger charge is 2.17. The third-order valence-electron chi connectivity index (χ3n) is 3.59. The number of sulfone groups is 1. The average molecular weight is 392 g/mol. The van der Waals surface area contributed by atoms with Crippen LogP contribution >= 0.6 is 12.2 Å². The van der Waals surface area contributed by atoms with Gasteiger partial charge in [-0.1, -0.05) is 31.5 Å². The number of unbranched alkanes of at least 4 members (excludes halogenated alkanes) is 1. The Morgan fingerprint density at radius 3 is 2.19 bits per heavy atom. The lowest BCUT2D eigenvalue weighted by atomic mass is 10.2. The van der Waals surface area contributed by atoms with Gasteiger partial charge in [0.2, 0.25) is 9.84 Å². The van der Waals surface area contributed by atoms with Gasteiger partial charge >= 0.3 is 0 Å². The molecule has 0 aromatic heterocycles. The van der Waals surface area contributed by atoms with Crippen LogP contribution in [0.3, 0.4) is 0 Å². The van der Waals surface area contributed by atoms with Crippen LogP contribution in [0.15, 0.2) is 64.4 Å². The molecule has 0 aliphatic carbocycles. The number of carbonyl (C=O) groups excluding carboxylic acids is 1. The van der Waals surface area contributed by atoms with Crippen LogP contribution in [0, 0.1) is 0 Å². The summed E-state index contributed by atoms with van der Waals surface area (Å²) in [6.45, 7) is 2.80. The number of nitrogens with one attached hydrogen (secondary N) is 3. The Kier molecular flexibility index (Phi) is 7.11. The molecule has 0 atom stereocenters. The van der Waals surface area contributed by atoms with Crippen molar-refractivity contribution in [2.24, 2.45) is 0 Å². The Morgan fingerprint density at radius 2 is 1.58 bits per heavy atom. The highest BCUT2D eigenvalue weighted by atomic mass is 32.2. The Bertz CT molecular complexity index is 851. The molecular formula is C18H21N3O3S2. The molecule has 138 valence electrons. The molecule has 6 nitrogen and oxygen atoms in total. The second kappa shape index (κ2) is 9.30. The largest absolute Gasteiger partial charge is 0.361 e. The lowest BCUT2D eigenvalue weighted by molar-refractivity contribution is 0.0943. The summed E-state index contributed by atoms with van der Waals surface area (Å²) in [4.78, 5) is 12.4. The first-order chi connectivity index (χ1) is 12.4. The summed E-state index contributed by atoms with van der Waals surface area (Å²) in [6.07, 6.45) is 2.02. The van der Waals surface area contributed by atoms with Crippen molar-refractivity contribution >= 4 is 33.1 Å². The van der Waals surface area contributed by atoms with Gasteiger partial charge in [-0.15, -0.1) is 0 Å². The lowest BCUT2D eigenvalue weighted by Crippen LogP contribution is -2.46. The number of benzene rings is 2. The van der Waals surface area contributed by atoms with Crippen molar-refractivity contribution in [2.75, 3.05) is 6.54 Å². The zero-order valence-electron chi connectivity index (χ0n) is 14.4. The Labute approximate surface area is 158 Å². The van der Waals surface area contributed by atoms with Crippen LogP contribution in [-0.2, 0) is 9.84 Å². The summed E-state index contributed by atoms with van der Waals surface area (Å²) in [5.74, 6) is -0.409. The van der Waals surface area contributed by atoms with E-state index in [1.807, 2.05) is 0 Å². The number of hydrogen-bond acceptors (Lipinski definition) is 4. The van der Waals surface area contributed by atoms with Crippen LogP contribution in [0.4, 0.5) is 0 Å². The highest BCUT2D eigenvalue weighted by molar-refractivity contribution is 7.91. The Hall–Kier alpha value is -2.45. The molecule has 2 rings (SSSR count). The van der Waals surface area contributed by atoms with Gasteiger partial charge in [-0.2, -0.15) is 0 Å². The SMILES string of the molecule is CCCCNC(=S)NNC(=O)c1ccc(S(=O)(=O)c2ccccc2)cc1. The van der Waals surface area contributed by atoms with Gasteiger partial charge in [0.05, 0.1) is 9.79 Å². The van der Waals surface area contributed by atoms with Gasteiger partial charge < -0.3 is 5.32 Å². The summed E-state index contributed by atoms with van der Waals surface area (Å²) < 4.78 is 25.0. The second-order valence-corrected chi connectivity index (χ2v) is 7.89. The van der Waals surface area contributed by atoms with Crippen molar-refractivity contribution in [2.45, 2.75) is 29.6 Å². The highest BCUT2D eigenvalue weighted by Crippen LogP contribution is 2.20. The Morgan fingerprint density at radius 1 is 0.962 bits per heavy atom. The normalized spacial score (nSPS) is 10.8. The van der Waals surface area contributed by atoms with Gasteiger partial charge in [-0.3, -0.25) is 15.6 Å². The first-order valence-electron chi connectivity index (χ1n) is 8.19. The number of carbonyl (C=O) groups is 1. The van der Waals surface area contributed by atoms with E-state index in [4.69, 9.17) is 12.2 Å². The standard InChI is InChI=1S/C18H21N3O3S2/c1-2-3-13-19-18(25)21-20-17(22)14-9-11-16(12-10-14)26(23,24)15-7-5-4-6-8-15/h4-12H,2-3,13H2,1H3,(H,20,22)(H2,19,21,25). The van der Waals surface area contributed by atoms with Crippen LogP contribution in [-0.4, -0.2) is 26.0 Å². The second-order valence-electron chi connectivity index (χ2n) is 5.53. The number of hydrazine groups is 1. The van der Waals surface area contributed by atoms with Crippen molar-refractivity contribution in [3.63, 3.8) is 0 Å². The zero-order valence-corrected chi connectivity index (χ0v) is 16.0. The summed E-state index contributed by atoms with van der Waals surface area (Å²) in [6, 6.07) is 13.9. The monoisotopic (exact) mass is 391 g/mol. The third-order valence-corrected chi connectivity index (χ3v) is 5.62. The maximum Gasteiger partial charge on any atom is 0.269 e. The minimum Gasteiger partial charge on any atom is -0.361 e. The van der Waals surface area contributed by atoms with Crippen molar-refractivity contribution in [3.05, 3.63) is 60.2 Å². The topological polar surface area (TPSA) is 87.3 Å². The summed E-state index contributed by atoms with van der Waals surface area (Å²) in [7, 11) is -3.60. The van der Waals surface area contributed by atoms with E-state index in [0.29, 0.717) is 10.7 Å². The van der Waals surface area contributed by atoms with Crippen LogP contribution in [0.1, 0.15) is 30.1 Å². The molecule has 2 aromatic rings. The Balaban J connectivity index is 1.99. The molecule has 0 unspecified atom stereocenters. The smallest absolute Gasteiger partial charge is 0.269 e. The van der Waals surface area contributed by atoms with E-state index in [0.717, 1.165) is 19.4 Å². The molecule has 0 spiro atoms. The molecular weight excluding hydrogens is 370 g/mol. The van der Waals surface area contributed by atoms with E-state index >= 15 is 0 Å². The molecule has 0 aliphatic rings. The van der Waals surface area contributed by atoms with Gasteiger partial charge in [0.15, 0.2) is 5.11 Å². The van der Waals surface area contributed by atoms with Crippen molar-refractivity contribution in [1.29, 1.82) is 0 Å². The fourth-order valence-corrected chi connectivity index (χ4v) is 3.56. The predicted octanol–water partition coefficient (Wildman–Crippen LogP) is 2.43. The molecule has 0 aliphatic heterocycles. The molecule has 0 saturated carbocycles. The summed E-state index contributed by atoms with van der Waals surface area (Å²) >= 11 is 5.04. The van der Waals surface area contributed by atoms with Gasteiger partial charge in [-0.25, -0.2) is 8.42 Å². The van der Waals surface area contributed by atoms with E-state index in [-0.39, 0.29) is 9.79 Å². The van der Waals surface area contributed by atoms with Crippen molar-refractivity contribution < 1.29 is 13.2 Å². The first kappa shape index (κ1) is 19.9. The number of hydrogen-bond donors (Lipinski definition) is 3. The molecule has 1 amide bonds. The van der Waals surface area contributed by atoms with Gasteiger partial charge in [0.25, 0.3) is 5.91 Å². The molecule has 0 heterocycles. The van der Waals surface area contributed by atoms with Crippen molar-refractivity contribution in [3.8, 4) is 0 Å². The van der Waals surface area contributed by atoms with E-state index in [9.17, 15) is 13.2 Å². The quantitative estimate of drug-likeness (QED) is 0.398. The number of amides is 1. The van der Waals surface area contributed by atoms with Gasteiger partial charge in [0, 0.05) is 12.1 Å². The maximum atomic E-state index is 12.5. The molecule has 26 heavy (non-hydrogen) atoms. The lowest BCUT2D eigenvalue weighted by Gasteiger charge is -2.11. The van der Waals surface area contributed by atoms with Crippen LogP contribution in [0.5, 0.6) is 0 Å². The van der Waals surface area contributed by atoms with Crippen LogP contribution < -0.4 is 16.2 Å². The third kappa shape index (κ3) is 5.27. The molecule has 3 N–H and O–H groups in total. The van der Waals surface area contributed by atoms with E-state index < -0.39 is 15.7 Å². The first-order valence-corrected chi connectivity index (χ1v) is 10.1. The van der Waals surface area contributed by atoms with Crippen LogP contribution in [0.2, 0.25) is 0 Å². The predicted molar refractivity (Wildman–Crippen MR) is 104 cm³/mol. The van der Waals surface area contributed by atoms with Crippen molar-refractivity contribution in [1.82, 2.24) is 16.2 Å². The minimum absolute atomic E-state index is 0.130. The molecule has 8 heteroatoms. The van der Waals surface area contributed by atoms with Gasteiger partial charge in [-0.05, 0) is 55.0 Å². The van der Waals surface area contributed by atoms with E-state index in [1.54, 1.807) is 18.2 Å². The number of thiocarbonyl (C=S) groups is 1. The zero-order chi connectivity index (χ0) is 19.0. The maximum absolute atomic E-state index is 12.5.